The summed E-state index contributed by atoms with van der Waals surface area (Å²) < 4.78 is 0.528. The lowest BCUT2D eigenvalue weighted by Gasteiger charge is -2.19. The molecule has 0 atom stereocenters. The van der Waals surface area contributed by atoms with E-state index in [1.54, 1.807) is 0 Å². The predicted octanol–water partition coefficient (Wildman–Crippen LogP) is 2.63. The minimum absolute atomic E-state index is 0.0585. The third-order valence-corrected chi connectivity index (χ3v) is 5.88. The van der Waals surface area contributed by atoms with Crippen LogP contribution in [0, 0.1) is 0 Å². The molecule has 1 aromatic rings. The van der Waals surface area contributed by atoms with E-state index in [0.29, 0.717) is 16.7 Å². The molecule has 0 bridgehead atoms. The summed E-state index contributed by atoms with van der Waals surface area (Å²) in [6.07, 6.45) is 0. The van der Waals surface area contributed by atoms with E-state index >= 15 is 0 Å². The fourth-order valence-electron chi connectivity index (χ4n) is 1.75. The lowest BCUT2D eigenvalue weighted by atomic mass is 10.1. The van der Waals surface area contributed by atoms with Crippen LogP contribution in [0.4, 0.5) is 0 Å². The molecule has 2 rings (SSSR count). The average Bonchev–Trinajstić information content (AvgIpc) is 2.89. The van der Waals surface area contributed by atoms with Gasteiger partial charge in [-0.3, -0.25) is 4.79 Å². The molecule has 1 fully saturated rings. The first kappa shape index (κ1) is 14.8. The van der Waals surface area contributed by atoms with Gasteiger partial charge in [-0.15, -0.1) is 23.5 Å². The highest BCUT2D eigenvalue weighted by Gasteiger charge is 2.18. The largest absolute Gasteiger partial charge is 0.350 e. The van der Waals surface area contributed by atoms with Gasteiger partial charge in [-0.1, -0.05) is 12.1 Å². The fourth-order valence-corrected chi connectivity index (χ4v) is 4.61. The van der Waals surface area contributed by atoms with Crippen molar-refractivity contribution in [3.8, 4) is 0 Å². The van der Waals surface area contributed by atoms with E-state index in [1.807, 2.05) is 49.5 Å². The van der Waals surface area contributed by atoms with Crippen molar-refractivity contribution in [2.75, 3.05) is 18.1 Å². The Morgan fingerprint density at radius 3 is 2.42 bits per heavy atom. The van der Waals surface area contributed by atoms with E-state index in [1.165, 1.54) is 17.1 Å². The van der Waals surface area contributed by atoms with Gasteiger partial charge in [0, 0.05) is 29.2 Å². The highest BCUT2D eigenvalue weighted by molar-refractivity contribution is 8.19. The summed E-state index contributed by atoms with van der Waals surface area (Å²) in [4.78, 5) is 11.9. The highest BCUT2D eigenvalue weighted by Crippen LogP contribution is 2.45. The van der Waals surface area contributed by atoms with E-state index in [2.05, 4.69) is 17.4 Å². The number of benzene rings is 1. The first-order chi connectivity index (χ1) is 8.96. The summed E-state index contributed by atoms with van der Waals surface area (Å²) in [5.41, 5.74) is 7.46. The van der Waals surface area contributed by atoms with Gasteiger partial charge in [0.25, 0.3) is 5.91 Å². The number of rotatable bonds is 4. The summed E-state index contributed by atoms with van der Waals surface area (Å²) in [5, 5.41) is 2.85. The zero-order valence-electron chi connectivity index (χ0n) is 11.3. The molecule has 0 radical (unpaired) electrons. The normalized spacial score (nSPS) is 16.6. The quantitative estimate of drug-likeness (QED) is 0.897. The van der Waals surface area contributed by atoms with E-state index in [4.69, 9.17) is 5.73 Å². The van der Waals surface area contributed by atoms with Crippen LogP contribution in [-0.2, 0) is 0 Å². The Labute approximate surface area is 123 Å². The van der Waals surface area contributed by atoms with Gasteiger partial charge in [0.1, 0.15) is 0 Å². The Hall–Kier alpha value is -0.650. The van der Waals surface area contributed by atoms with Gasteiger partial charge >= 0.3 is 0 Å². The molecule has 3 nitrogen and oxygen atoms in total. The zero-order chi connectivity index (χ0) is 13.9. The lowest BCUT2D eigenvalue weighted by molar-refractivity contribution is 0.0946. The Morgan fingerprint density at radius 1 is 1.32 bits per heavy atom. The number of carbonyl (C=O) groups excluding carboxylic acids is 1. The zero-order valence-corrected chi connectivity index (χ0v) is 12.9. The molecule has 1 aliphatic rings. The van der Waals surface area contributed by atoms with Crippen LogP contribution in [0.2, 0.25) is 0 Å². The molecule has 104 valence electrons. The molecule has 1 heterocycles. The molecule has 0 saturated carbocycles. The summed E-state index contributed by atoms with van der Waals surface area (Å²) in [6.45, 7) is 4.26. The molecule has 3 N–H and O–H groups in total. The Balaban J connectivity index is 1.95. The van der Waals surface area contributed by atoms with Gasteiger partial charge in [0.15, 0.2) is 0 Å². The van der Waals surface area contributed by atoms with Crippen molar-refractivity contribution < 1.29 is 4.79 Å². The van der Waals surface area contributed by atoms with E-state index < -0.39 is 0 Å². The molecular formula is C14H20N2OS2. The van der Waals surface area contributed by atoms with Gasteiger partial charge in [0.05, 0.1) is 4.58 Å². The maximum atomic E-state index is 11.9. The number of amides is 1. The second-order valence-electron chi connectivity index (χ2n) is 5.37. The van der Waals surface area contributed by atoms with Crippen molar-refractivity contribution in [1.29, 1.82) is 0 Å². The van der Waals surface area contributed by atoms with Crippen LogP contribution in [0.25, 0.3) is 0 Å². The minimum atomic E-state index is -0.382. The topological polar surface area (TPSA) is 55.1 Å². The third kappa shape index (κ3) is 4.44. The Kier molecular flexibility index (Phi) is 4.81. The van der Waals surface area contributed by atoms with Crippen molar-refractivity contribution in [1.82, 2.24) is 5.32 Å². The molecule has 1 saturated heterocycles. The monoisotopic (exact) mass is 296 g/mol. The van der Waals surface area contributed by atoms with E-state index in [9.17, 15) is 4.79 Å². The second kappa shape index (κ2) is 6.20. The molecule has 19 heavy (non-hydrogen) atoms. The van der Waals surface area contributed by atoms with Crippen LogP contribution in [0.15, 0.2) is 24.3 Å². The van der Waals surface area contributed by atoms with Crippen molar-refractivity contribution >= 4 is 29.4 Å². The predicted molar refractivity (Wildman–Crippen MR) is 84.7 cm³/mol. The third-order valence-electron chi connectivity index (χ3n) is 2.77. The van der Waals surface area contributed by atoms with Crippen molar-refractivity contribution in [3.05, 3.63) is 35.4 Å². The number of hydrogen-bond donors (Lipinski definition) is 2. The van der Waals surface area contributed by atoms with Crippen molar-refractivity contribution in [2.45, 2.75) is 24.0 Å². The van der Waals surface area contributed by atoms with Gasteiger partial charge < -0.3 is 11.1 Å². The van der Waals surface area contributed by atoms with E-state index in [0.717, 1.165) is 0 Å². The Morgan fingerprint density at radius 2 is 1.89 bits per heavy atom. The lowest BCUT2D eigenvalue weighted by Crippen LogP contribution is -2.45. The molecule has 0 aliphatic carbocycles. The second-order valence-corrected chi connectivity index (χ2v) is 8.09. The first-order valence-electron chi connectivity index (χ1n) is 6.36. The minimum Gasteiger partial charge on any atom is -0.350 e. The van der Waals surface area contributed by atoms with Crippen molar-refractivity contribution in [2.24, 2.45) is 5.73 Å². The molecule has 0 aromatic heterocycles. The van der Waals surface area contributed by atoms with Crippen LogP contribution in [0.5, 0.6) is 0 Å². The number of carbonyl (C=O) groups is 1. The highest BCUT2D eigenvalue weighted by atomic mass is 32.2. The van der Waals surface area contributed by atoms with Gasteiger partial charge in [-0.25, -0.2) is 0 Å². The summed E-state index contributed by atoms with van der Waals surface area (Å²) >= 11 is 3.94. The fraction of sp³-hybridized carbons (Fsp3) is 0.500. The number of nitrogens with one attached hydrogen (secondary N) is 1. The number of hydrogen-bond acceptors (Lipinski definition) is 4. The van der Waals surface area contributed by atoms with Crippen LogP contribution < -0.4 is 11.1 Å². The first-order valence-corrected chi connectivity index (χ1v) is 8.46. The van der Waals surface area contributed by atoms with Crippen LogP contribution in [0.3, 0.4) is 0 Å². The maximum absolute atomic E-state index is 11.9. The van der Waals surface area contributed by atoms with Crippen LogP contribution in [-0.4, -0.2) is 29.5 Å². The average molecular weight is 296 g/mol. The van der Waals surface area contributed by atoms with Gasteiger partial charge in [0.2, 0.25) is 0 Å². The summed E-state index contributed by atoms with van der Waals surface area (Å²) in [6, 6.07) is 7.90. The Bertz CT molecular complexity index is 434. The molecule has 1 aromatic carbocycles. The summed E-state index contributed by atoms with van der Waals surface area (Å²) in [5.74, 6) is 2.36. The van der Waals surface area contributed by atoms with Crippen LogP contribution in [0.1, 0.15) is 34.4 Å². The van der Waals surface area contributed by atoms with Gasteiger partial charge in [-0.2, -0.15) is 0 Å². The number of thioether (sulfide) groups is 2. The SMILES string of the molecule is CC(C)(N)CNC(=O)c1ccc(C2SCCS2)cc1. The number of nitrogens with two attached hydrogens (primary N) is 1. The molecule has 1 aliphatic heterocycles. The summed E-state index contributed by atoms with van der Waals surface area (Å²) in [7, 11) is 0. The standard InChI is InChI=1S/C14H20N2OS2/c1-14(2,15)9-16-12(17)10-3-5-11(6-4-10)13-18-7-8-19-13/h3-6,13H,7-9,15H2,1-2H3,(H,16,17). The maximum Gasteiger partial charge on any atom is 0.251 e. The molecule has 1 amide bonds. The molecule has 0 spiro atoms. The molecule has 5 heteroatoms. The molecule has 0 unspecified atom stereocenters. The van der Waals surface area contributed by atoms with Gasteiger partial charge in [-0.05, 0) is 31.5 Å². The molecular weight excluding hydrogens is 276 g/mol. The van der Waals surface area contributed by atoms with E-state index in [-0.39, 0.29) is 11.4 Å². The van der Waals surface area contributed by atoms with Crippen molar-refractivity contribution in [3.63, 3.8) is 0 Å². The van der Waals surface area contributed by atoms with Crippen LogP contribution >= 0.6 is 23.5 Å². The smallest absolute Gasteiger partial charge is 0.251 e.